The maximum absolute atomic E-state index is 12.7. The lowest BCUT2D eigenvalue weighted by Crippen LogP contribution is -2.31. The molecular weight excluding hydrogens is 288 g/mol. The highest BCUT2D eigenvalue weighted by Crippen LogP contribution is 2.33. The van der Waals surface area contributed by atoms with Crippen LogP contribution >= 0.6 is 0 Å². The van der Waals surface area contributed by atoms with Crippen molar-refractivity contribution in [1.29, 1.82) is 5.26 Å². The lowest BCUT2D eigenvalue weighted by Gasteiger charge is -2.20. The average molecular weight is 306 g/mol. The van der Waals surface area contributed by atoms with Crippen LogP contribution in [-0.2, 0) is 11.3 Å². The number of carbonyl (C=O) groups excluding carboxylic acids is 1. The maximum atomic E-state index is 12.7. The minimum absolute atomic E-state index is 0.0445. The second-order valence-corrected chi connectivity index (χ2v) is 6.46. The van der Waals surface area contributed by atoms with Crippen LogP contribution in [0.15, 0.2) is 36.8 Å². The van der Waals surface area contributed by atoms with E-state index >= 15 is 0 Å². The number of benzene rings is 1. The standard InChI is InChI=1S/C18H18N4O/c19-8-13-3-5-15(6-4-13)17-7-18(23)21(10-14-1-2-14)11-16-9-20-12-22(16)17/h3-6,9,12,14,17H,1-2,7,10-11H2. The summed E-state index contributed by atoms with van der Waals surface area (Å²) in [6.45, 7) is 1.51. The number of amides is 1. The summed E-state index contributed by atoms with van der Waals surface area (Å²) >= 11 is 0. The predicted octanol–water partition coefficient (Wildman–Crippen LogP) is 2.49. The van der Waals surface area contributed by atoms with Gasteiger partial charge in [0.2, 0.25) is 5.91 Å². The molecule has 0 N–H and O–H groups in total. The molecule has 1 aromatic heterocycles. The minimum atomic E-state index is -0.0445. The molecule has 1 aliphatic heterocycles. The van der Waals surface area contributed by atoms with Crippen molar-refractivity contribution in [2.24, 2.45) is 5.92 Å². The quantitative estimate of drug-likeness (QED) is 0.875. The lowest BCUT2D eigenvalue weighted by molar-refractivity contribution is -0.132. The van der Waals surface area contributed by atoms with E-state index in [1.807, 2.05) is 41.7 Å². The van der Waals surface area contributed by atoms with Crippen LogP contribution in [0.1, 0.15) is 42.1 Å². The summed E-state index contributed by atoms with van der Waals surface area (Å²) in [7, 11) is 0. The van der Waals surface area contributed by atoms with E-state index in [1.165, 1.54) is 12.8 Å². The third kappa shape index (κ3) is 2.72. The minimum Gasteiger partial charge on any atom is -0.336 e. The molecule has 1 fully saturated rings. The summed E-state index contributed by atoms with van der Waals surface area (Å²) in [4.78, 5) is 19.0. The molecule has 2 aromatic rings. The summed E-state index contributed by atoms with van der Waals surface area (Å²) in [6, 6.07) is 9.59. The molecule has 0 spiro atoms. The number of fused-ring (bicyclic) bond motifs is 1. The normalized spacial score (nSPS) is 20.7. The molecule has 1 aliphatic carbocycles. The first kappa shape index (κ1) is 14.0. The first-order valence-electron chi connectivity index (χ1n) is 8.03. The largest absolute Gasteiger partial charge is 0.336 e. The predicted molar refractivity (Wildman–Crippen MR) is 84.3 cm³/mol. The molecule has 1 aromatic carbocycles. The number of rotatable bonds is 3. The number of nitriles is 1. The van der Waals surface area contributed by atoms with E-state index in [0.29, 0.717) is 24.4 Å². The van der Waals surface area contributed by atoms with E-state index in [1.54, 1.807) is 0 Å². The maximum Gasteiger partial charge on any atom is 0.225 e. The zero-order valence-electron chi connectivity index (χ0n) is 12.9. The Balaban J connectivity index is 1.67. The molecule has 0 radical (unpaired) electrons. The highest BCUT2D eigenvalue weighted by Gasteiger charge is 2.32. The van der Waals surface area contributed by atoms with Crippen molar-refractivity contribution in [2.75, 3.05) is 6.54 Å². The Bertz CT molecular complexity index is 767. The molecule has 23 heavy (non-hydrogen) atoms. The average Bonchev–Trinajstić information content (AvgIpc) is 3.30. The van der Waals surface area contributed by atoms with Gasteiger partial charge in [-0.1, -0.05) is 12.1 Å². The number of carbonyl (C=O) groups is 1. The number of imidazole rings is 1. The first-order chi connectivity index (χ1) is 11.2. The Hall–Kier alpha value is -2.61. The Kier molecular flexibility index (Phi) is 3.38. The molecule has 2 aliphatic rings. The highest BCUT2D eigenvalue weighted by atomic mass is 16.2. The van der Waals surface area contributed by atoms with Crippen molar-refractivity contribution < 1.29 is 4.79 Å². The molecule has 116 valence electrons. The topological polar surface area (TPSA) is 61.9 Å². The zero-order chi connectivity index (χ0) is 15.8. The van der Waals surface area contributed by atoms with Crippen LogP contribution in [0.25, 0.3) is 0 Å². The van der Waals surface area contributed by atoms with Gasteiger partial charge in [0.15, 0.2) is 0 Å². The molecule has 4 rings (SSSR count). The van der Waals surface area contributed by atoms with Gasteiger partial charge in [0.25, 0.3) is 0 Å². The molecule has 1 unspecified atom stereocenters. The van der Waals surface area contributed by atoms with Crippen LogP contribution in [-0.4, -0.2) is 26.9 Å². The van der Waals surface area contributed by atoms with Crippen LogP contribution in [0.2, 0.25) is 0 Å². The van der Waals surface area contributed by atoms with Crippen molar-refractivity contribution in [2.45, 2.75) is 31.8 Å². The van der Waals surface area contributed by atoms with Crippen molar-refractivity contribution in [3.8, 4) is 6.07 Å². The van der Waals surface area contributed by atoms with Gasteiger partial charge in [0.05, 0.1) is 42.7 Å². The number of hydrogen-bond donors (Lipinski definition) is 0. The van der Waals surface area contributed by atoms with Crippen molar-refractivity contribution >= 4 is 5.91 Å². The molecule has 5 nitrogen and oxygen atoms in total. The Morgan fingerprint density at radius 1 is 1.26 bits per heavy atom. The third-order valence-corrected chi connectivity index (χ3v) is 4.76. The smallest absolute Gasteiger partial charge is 0.225 e. The molecule has 1 amide bonds. The van der Waals surface area contributed by atoms with Gasteiger partial charge < -0.3 is 9.47 Å². The summed E-state index contributed by atoms with van der Waals surface area (Å²) in [6.07, 6.45) is 6.59. The molecule has 1 atom stereocenters. The Morgan fingerprint density at radius 2 is 2.04 bits per heavy atom. The number of nitrogens with zero attached hydrogens (tertiary/aromatic N) is 4. The van der Waals surface area contributed by atoms with Gasteiger partial charge in [-0.3, -0.25) is 4.79 Å². The fourth-order valence-corrected chi connectivity index (χ4v) is 3.25. The van der Waals surface area contributed by atoms with Crippen LogP contribution in [0.5, 0.6) is 0 Å². The van der Waals surface area contributed by atoms with Gasteiger partial charge in [0, 0.05) is 12.7 Å². The van der Waals surface area contributed by atoms with Gasteiger partial charge in [-0.25, -0.2) is 4.98 Å². The van der Waals surface area contributed by atoms with Gasteiger partial charge in [0.1, 0.15) is 0 Å². The van der Waals surface area contributed by atoms with E-state index in [4.69, 9.17) is 5.26 Å². The monoisotopic (exact) mass is 306 g/mol. The molecular formula is C18H18N4O. The fourth-order valence-electron chi connectivity index (χ4n) is 3.25. The van der Waals surface area contributed by atoms with Crippen LogP contribution in [0.4, 0.5) is 0 Å². The number of aromatic nitrogens is 2. The lowest BCUT2D eigenvalue weighted by atomic mass is 10.0. The molecule has 0 saturated heterocycles. The van der Waals surface area contributed by atoms with Crippen LogP contribution < -0.4 is 0 Å². The Labute approximate surface area is 135 Å². The van der Waals surface area contributed by atoms with Gasteiger partial charge in [-0.05, 0) is 36.5 Å². The fraction of sp³-hybridized carbons (Fsp3) is 0.389. The Morgan fingerprint density at radius 3 is 2.74 bits per heavy atom. The summed E-state index contributed by atoms with van der Waals surface area (Å²) in [5.41, 5.74) is 2.76. The second kappa shape index (κ2) is 5.54. The third-order valence-electron chi connectivity index (χ3n) is 4.76. The summed E-state index contributed by atoms with van der Waals surface area (Å²) < 4.78 is 2.10. The number of hydrogen-bond acceptors (Lipinski definition) is 3. The molecule has 5 heteroatoms. The van der Waals surface area contributed by atoms with Gasteiger partial charge >= 0.3 is 0 Å². The zero-order valence-corrected chi connectivity index (χ0v) is 12.9. The second-order valence-electron chi connectivity index (χ2n) is 6.46. The summed E-state index contributed by atoms with van der Waals surface area (Å²) in [5, 5.41) is 8.95. The van der Waals surface area contributed by atoms with Crippen molar-refractivity contribution in [3.05, 3.63) is 53.6 Å². The highest BCUT2D eigenvalue weighted by molar-refractivity contribution is 5.77. The molecule has 2 heterocycles. The van der Waals surface area contributed by atoms with E-state index < -0.39 is 0 Å². The van der Waals surface area contributed by atoms with Crippen LogP contribution in [0, 0.1) is 17.2 Å². The van der Waals surface area contributed by atoms with Gasteiger partial charge in [-0.2, -0.15) is 5.26 Å². The van der Waals surface area contributed by atoms with E-state index in [0.717, 1.165) is 17.8 Å². The van der Waals surface area contributed by atoms with Crippen molar-refractivity contribution in [3.63, 3.8) is 0 Å². The SMILES string of the molecule is N#Cc1ccc(C2CC(=O)N(CC3CC3)Cc3cncn32)cc1. The van der Waals surface area contributed by atoms with Crippen LogP contribution in [0.3, 0.4) is 0 Å². The van der Waals surface area contributed by atoms with Gasteiger partial charge in [-0.15, -0.1) is 0 Å². The van der Waals surface area contributed by atoms with E-state index in [-0.39, 0.29) is 11.9 Å². The first-order valence-corrected chi connectivity index (χ1v) is 8.03. The van der Waals surface area contributed by atoms with E-state index in [9.17, 15) is 4.79 Å². The summed E-state index contributed by atoms with van der Waals surface area (Å²) in [5.74, 6) is 0.886. The molecule has 0 bridgehead atoms. The molecule has 1 saturated carbocycles. The van der Waals surface area contributed by atoms with E-state index in [2.05, 4.69) is 15.6 Å². The van der Waals surface area contributed by atoms with Crippen molar-refractivity contribution in [1.82, 2.24) is 14.5 Å².